The largest absolute Gasteiger partial charge is 0.361 e. The van der Waals surface area contributed by atoms with Crippen molar-refractivity contribution in [3.05, 3.63) is 30.5 Å². The first kappa shape index (κ1) is 11.4. The predicted octanol–water partition coefficient (Wildman–Crippen LogP) is 2.17. The number of nitrogens with two attached hydrogens (primary N) is 1. The molecular weight excluding hydrogens is 224 g/mol. The van der Waals surface area contributed by atoms with E-state index in [1.165, 1.54) is 12.8 Å². The lowest BCUT2D eigenvalue weighted by Gasteiger charge is -2.30. The van der Waals surface area contributed by atoms with Crippen LogP contribution in [0, 0.1) is 5.92 Å². The summed E-state index contributed by atoms with van der Waals surface area (Å²) in [6.45, 7) is 2.79. The first-order valence-electron chi connectivity index (χ1n) is 6.41. The van der Waals surface area contributed by atoms with Gasteiger partial charge in [-0.25, -0.2) is 0 Å². The van der Waals surface area contributed by atoms with Crippen LogP contribution in [0.4, 0.5) is 5.82 Å². The molecule has 1 fully saturated rings. The van der Waals surface area contributed by atoms with Crippen LogP contribution in [0.1, 0.15) is 19.8 Å². The number of nitrogens with zero attached hydrogens (tertiary/aromatic N) is 2. The van der Waals surface area contributed by atoms with Gasteiger partial charge in [-0.2, -0.15) is 5.10 Å². The second-order valence-electron chi connectivity index (χ2n) is 5.30. The average molecular weight is 242 g/mol. The van der Waals surface area contributed by atoms with Crippen molar-refractivity contribution in [3.63, 3.8) is 0 Å². The van der Waals surface area contributed by atoms with Crippen molar-refractivity contribution < 1.29 is 0 Å². The molecule has 94 valence electrons. The lowest BCUT2D eigenvalue weighted by molar-refractivity contribution is 0.458. The van der Waals surface area contributed by atoms with Gasteiger partial charge in [-0.15, -0.1) is 5.10 Å². The maximum atomic E-state index is 5.93. The maximum Gasteiger partial charge on any atom is 0.157 e. The minimum Gasteiger partial charge on any atom is -0.361 e. The summed E-state index contributed by atoms with van der Waals surface area (Å²) < 4.78 is 0. The Balaban J connectivity index is 1.99. The van der Waals surface area contributed by atoms with E-state index < -0.39 is 0 Å². The topological polar surface area (TPSA) is 63.8 Å². The summed E-state index contributed by atoms with van der Waals surface area (Å²) in [4.78, 5) is 0. The monoisotopic (exact) mass is 242 g/mol. The zero-order chi connectivity index (χ0) is 12.6. The molecule has 1 unspecified atom stereocenters. The molecule has 0 aliphatic heterocycles. The number of rotatable bonds is 4. The van der Waals surface area contributed by atoms with Crippen LogP contribution in [0.2, 0.25) is 0 Å². The summed E-state index contributed by atoms with van der Waals surface area (Å²) >= 11 is 0. The highest BCUT2D eigenvalue weighted by atomic mass is 15.2. The molecule has 0 saturated heterocycles. The molecule has 0 amide bonds. The Hall–Kier alpha value is -1.68. The Morgan fingerprint density at radius 2 is 2.17 bits per heavy atom. The van der Waals surface area contributed by atoms with Gasteiger partial charge >= 0.3 is 0 Å². The van der Waals surface area contributed by atoms with E-state index in [9.17, 15) is 0 Å². The third kappa shape index (κ3) is 1.93. The van der Waals surface area contributed by atoms with Gasteiger partial charge < -0.3 is 11.1 Å². The van der Waals surface area contributed by atoms with Crippen molar-refractivity contribution in [1.82, 2.24) is 10.2 Å². The molecule has 0 spiro atoms. The zero-order valence-corrected chi connectivity index (χ0v) is 10.6. The van der Waals surface area contributed by atoms with Gasteiger partial charge in [0.1, 0.15) is 0 Å². The predicted molar refractivity (Wildman–Crippen MR) is 73.3 cm³/mol. The number of nitrogens with one attached hydrogen (secondary N) is 1. The van der Waals surface area contributed by atoms with Gasteiger partial charge in [0, 0.05) is 17.3 Å². The molecule has 1 aliphatic carbocycles. The Kier molecular flexibility index (Phi) is 2.67. The molecule has 1 heterocycles. The van der Waals surface area contributed by atoms with Crippen molar-refractivity contribution in [2.75, 3.05) is 11.9 Å². The molecule has 1 aliphatic rings. The van der Waals surface area contributed by atoms with Gasteiger partial charge in [0.2, 0.25) is 0 Å². The minimum atomic E-state index is -0.0706. The fourth-order valence-corrected chi connectivity index (χ4v) is 2.43. The number of fused-ring (bicyclic) bond motifs is 1. The molecule has 1 aromatic heterocycles. The summed E-state index contributed by atoms with van der Waals surface area (Å²) in [6, 6.07) is 8.14. The van der Waals surface area contributed by atoms with E-state index in [0.29, 0.717) is 12.5 Å². The molecule has 1 saturated carbocycles. The molecule has 4 heteroatoms. The van der Waals surface area contributed by atoms with Gasteiger partial charge in [-0.1, -0.05) is 24.3 Å². The number of hydrogen-bond acceptors (Lipinski definition) is 4. The Morgan fingerprint density at radius 3 is 2.89 bits per heavy atom. The Bertz CT molecular complexity index is 559. The first-order chi connectivity index (χ1) is 8.73. The van der Waals surface area contributed by atoms with Crippen LogP contribution in [-0.2, 0) is 0 Å². The third-order valence-electron chi connectivity index (χ3n) is 3.88. The molecule has 1 aromatic carbocycles. The molecule has 18 heavy (non-hydrogen) atoms. The summed E-state index contributed by atoms with van der Waals surface area (Å²) in [7, 11) is 0. The first-order valence-corrected chi connectivity index (χ1v) is 6.41. The van der Waals surface area contributed by atoms with E-state index in [1.54, 1.807) is 6.20 Å². The van der Waals surface area contributed by atoms with Crippen molar-refractivity contribution in [2.24, 2.45) is 11.7 Å². The van der Waals surface area contributed by atoms with E-state index in [-0.39, 0.29) is 5.54 Å². The molecule has 3 rings (SSSR count). The lowest BCUT2D eigenvalue weighted by Crippen LogP contribution is -2.45. The smallest absolute Gasteiger partial charge is 0.157 e. The Labute approximate surface area is 107 Å². The van der Waals surface area contributed by atoms with Crippen molar-refractivity contribution in [1.29, 1.82) is 0 Å². The van der Waals surface area contributed by atoms with E-state index in [1.807, 2.05) is 18.2 Å². The van der Waals surface area contributed by atoms with Crippen LogP contribution in [0.5, 0.6) is 0 Å². The van der Waals surface area contributed by atoms with Gasteiger partial charge in [-0.05, 0) is 25.7 Å². The van der Waals surface area contributed by atoms with E-state index in [4.69, 9.17) is 5.73 Å². The van der Waals surface area contributed by atoms with Crippen LogP contribution in [0.3, 0.4) is 0 Å². The highest BCUT2D eigenvalue weighted by Crippen LogP contribution is 2.41. The maximum absolute atomic E-state index is 5.93. The molecular formula is C14H18N4. The van der Waals surface area contributed by atoms with Gasteiger partial charge in [0.25, 0.3) is 0 Å². The van der Waals surface area contributed by atoms with Crippen molar-refractivity contribution in [2.45, 2.75) is 25.3 Å². The molecule has 4 nitrogen and oxygen atoms in total. The molecule has 2 aromatic rings. The second kappa shape index (κ2) is 4.21. The fourth-order valence-electron chi connectivity index (χ4n) is 2.43. The molecule has 0 radical (unpaired) electrons. The normalized spacial score (nSPS) is 18.6. The highest BCUT2D eigenvalue weighted by Gasteiger charge is 2.40. The van der Waals surface area contributed by atoms with Gasteiger partial charge in [0.15, 0.2) is 5.82 Å². The fraction of sp³-hybridized carbons (Fsp3) is 0.429. The second-order valence-corrected chi connectivity index (χ2v) is 5.30. The molecule has 1 atom stereocenters. The third-order valence-corrected chi connectivity index (χ3v) is 3.88. The van der Waals surface area contributed by atoms with Crippen LogP contribution in [0.25, 0.3) is 10.8 Å². The van der Waals surface area contributed by atoms with Crippen LogP contribution >= 0.6 is 0 Å². The van der Waals surface area contributed by atoms with Crippen LogP contribution < -0.4 is 11.1 Å². The summed E-state index contributed by atoms with van der Waals surface area (Å²) in [6.07, 6.45) is 4.29. The number of aromatic nitrogens is 2. The van der Waals surface area contributed by atoms with E-state index >= 15 is 0 Å². The summed E-state index contributed by atoms with van der Waals surface area (Å²) in [5.74, 6) is 1.50. The average Bonchev–Trinajstić information content (AvgIpc) is 3.24. The minimum absolute atomic E-state index is 0.0706. The van der Waals surface area contributed by atoms with Crippen LogP contribution in [0.15, 0.2) is 30.5 Å². The van der Waals surface area contributed by atoms with Crippen LogP contribution in [-0.4, -0.2) is 22.3 Å². The van der Waals surface area contributed by atoms with Gasteiger partial charge in [-0.3, -0.25) is 0 Å². The van der Waals surface area contributed by atoms with Crippen molar-refractivity contribution in [3.8, 4) is 0 Å². The van der Waals surface area contributed by atoms with E-state index in [2.05, 4.69) is 28.5 Å². The van der Waals surface area contributed by atoms with Gasteiger partial charge in [0.05, 0.1) is 11.7 Å². The highest BCUT2D eigenvalue weighted by molar-refractivity contribution is 5.91. The summed E-state index contributed by atoms with van der Waals surface area (Å²) in [5.41, 5.74) is 5.86. The number of benzene rings is 1. The SMILES string of the molecule is CC(CN)(Nc1nncc2ccccc12)C1CC1. The Morgan fingerprint density at radius 1 is 1.39 bits per heavy atom. The lowest BCUT2D eigenvalue weighted by atomic mass is 9.95. The zero-order valence-electron chi connectivity index (χ0n) is 10.6. The van der Waals surface area contributed by atoms with E-state index in [0.717, 1.165) is 16.6 Å². The molecule has 0 bridgehead atoms. The number of hydrogen-bond donors (Lipinski definition) is 2. The quantitative estimate of drug-likeness (QED) is 0.862. The summed E-state index contributed by atoms with van der Waals surface area (Å²) in [5, 5.41) is 14.0. The standard InChI is InChI=1S/C14H18N4/c1-14(9-15,11-6-7-11)17-13-12-5-3-2-4-10(12)8-16-18-13/h2-5,8,11H,6-7,9,15H2,1H3,(H,17,18). The molecule has 3 N–H and O–H groups in total. The number of anilines is 1. The van der Waals surface area contributed by atoms with Crippen molar-refractivity contribution >= 4 is 16.6 Å².